The van der Waals surface area contributed by atoms with Crippen molar-refractivity contribution in [2.45, 2.75) is 66.7 Å². The predicted molar refractivity (Wildman–Crippen MR) is 194 cm³/mol. The van der Waals surface area contributed by atoms with E-state index in [4.69, 9.17) is 8.53 Å². The molecule has 0 unspecified atom stereocenters. The number of furan rings is 1. The fraction of sp³-hybridized carbons (Fsp3) is 0.233. The second kappa shape index (κ2) is 14.8. The Labute approximate surface area is 302 Å². The monoisotopic (exact) mass is 811 g/mol. The maximum Gasteiger partial charge on any atom is 0.216 e. The Morgan fingerprint density at radius 3 is 2.27 bits per heavy atom. The number of pyridine rings is 3. The SMILES string of the molecule is Cc1c[c-]c(-c2cc(C)c(C)cn2)cc1.[2H]C([2H])([2H])c1ccc2c(n1)oc1c(-c3cc(CCc4ccc(C(C)(C)C)cc4)ccn3)[c-]ccc12.[Ir]. The third kappa shape index (κ3) is 7.98. The second-order valence-corrected chi connectivity index (χ2v) is 13.2. The van der Waals surface area contributed by atoms with Crippen LogP contribution in [0.3, 0.4) is 0 Å². The normalized spacial score (nSPS) is 12.4. The van der Waals surface area contributed by atoms with Crippen molar-refractivity contribution in [2.24, 2.45) is 0 Å². The van der Waals surface area contributed by atoms with Gasteiger partial charge >= 0.3 is 0 Å². The van der Waals surface area contributed by atoms with Crippen LogP contribution >= 0.6 is 0 Å². The number of hydrogen-bond donors (Lipinski definition) is 0. The number of aryl methyl sites for hydroxylation is 6. The number of hydrogen-bond acceptors (Lipinski definition) is 4. The smallest absolute Gasteiger partial charge is 0.216 e. The van der Waals surface area contributed by atoms with Crippen LogP contribution in [0.1, 0.15) is 64.0 Å². The topological polar surface area (TPSA) is 51.8 Å². The van der Waals surface area contributed by atoms with Gasteiger partial charge in [-0.3, -0.25) is 0 Å². The molecule has 1 radical (unpaired) electrons. The third-order valence-electron chi connectivity index (χ3n) is 8.52. The minimum Gasteiger partial charge on any atom is -0.486 e. The minimum absolute atomic E-state index is 0. The first-order valence-electron chi connectivity index (χ1n) is 17.5. The van der Waals surface area contributed by atoms with E-state index in [1.165, 1.54) is 39.4 Å². The van der Waals surface area contributed by atoms with Crippen molar-refractivity contribution >= 4 is 22.1 Å². The molecule has 48 heavy (non-hydrogen) atoms. The van der Waals surface area contributed by atoms with Crippen LogP contribution in [0.25, 0.3) is 44.6 Å². The zero-order valence-corrected chi connectivity index (χ0v) is 30.6. The van der Waals surface area contributed by atoms with Crippen LogP contribution in [-0.2, 0) is 38.4 Å². The zero-order valence-electron chi connectivity index (χ0n) is 31.2. The predicted octanol–water partition coefficient (Wildman–Crippen LogP) is 10.7. The Morgan fingerprint density at radius 2 is 1.56 bits per heavy atom. The van der Waals surface area contributed by atoms with Gasteiger partial charge in [0.2, 0.25) is 5.71 Å². The van der Waals surface area contributed by atoms with Crippen LogP contribution in [0.2, 0.25) is 0 Å². The Bertz CT molecular complexity index is 2270. The van der Waals surface area contributed by atoms with Gasteiger partial charge in [-0.2, -0.15) is 0 Å². The molecule has 0 amide bonds. The van der Waals surface area contributed by atoms with E-state index in [1.807, 2.05) is 36.7 Å². The summed E-state index contributed by atoms with van der Waals surface area (Å²) in [5.74, 6) is 0. The fourth-order valence-electron chi connectivity index (χ4n) is 5.47. The molecule has 0 aliphatic carbocycles. The third-order valence-corrected chi connectivity index (χ3v) is 8.52. The van der Waals surface area contributed by atoms with E-state index >= 15 is 0 Å². The molecule has 5 heteroatoms. The van der Waals surface area contributed by atoms with E-state index in [0.29, 0.717) is 11.3 Å². The summed E-state index contributed by atoms with van der Waals surface area (Å²) >= 11 is 0. The molecule has 4 aromatic heterocycles. The first-order valence-corrected chi connectivity index (χ1v) is 16.0. The Balaban J connectivity index is 0.000000264. The summed E-state index contributed by atoms with van der Waals surface area (Å²) in [4.78, 5) is 13.2. The number of nitrogens with zero attached hydrogens (tertiary/aromatic N) is 3. The van der Waals surface area contributed by atoms with Crippen molar-refractivity contribution < 1.29 is 28.6 Å². The molecule has 0 bridgehead atoms. The van der Waals surface area contributed by atoms with Gasteiger partial charge in [0.05, 0.1) is 5.58 Å². The second-order valence-electron chi connectivity index (χ2n) is 13.2. The van der Waals surface area contributed by atoms with Crippen LogP contribution < -0.4 is 0 Å². The van der Waals surface area contributed by atoms with Crippen LogP contribution in [0.5, 0.6) is 0 Å². The fourth-order valence-corrected chi connectivity index (χ4v) is 5.47. The molecule has 0 saturated heterocycles. The Morgan fingerprint density at radius 1 is 0.771 bits per heavy atom. The van der Waals surface area contributed by atoms with Crippen molar-refractivity contribution in [3.8, 4) is 22.5 Å². The summed E-state index contributed by atoms with van der Waals surface area (Å²) < 4.78 is 29.0. The zero-order chi connectivity index (χ0) is 35.6. The van der Waals surface area contributed by atoms with Crippen molar-refractivity contribution in [2.75, 3.05) is 0 Å². The van der Waals surface area contributed by atoms with Gasteiger partial charge in [-0.05, 0) is 85.2 Å². The molecule has 7 aromatic rings. The molecular weight excluding hydrogens is 767 g/mol. The number of aromatic nitrogens is 3. The van der Waals surface area contributed by atoms with Gasteiger partial charge < -0.3 is 14.4 Å². The van der Waals surface area contributed by atoms with Crippen LogP contribution in [0.4, 0.5) is 0 Å². The summed E-state index contributed by atoms with van der Waals surface area (Å²) in [5, 5.41) is 1.64. The molecule has 0 aliphatic heterocycles. The summed E-state index contributed by atoms with van der Waals surface area (Å²) in [7, 11) is 0. The number of rotatable bonds is 5. The molecule has 0 fully saturated rings. The molecule has 0 atom stereocenters. The summed E-state index contributed by atoms with van der Waals surface area (Å²) in [5.41, 5.74) is 12.2. The van der Waals surface area contributed by atoms with Gasteiger partial charge in [0.15, 0.2) is 0 Å². The van der Waals surface area contributed by atoms with Crippen LogP contribution in [0.15, 0.2) is 102 Å². The van der Waals surface area contributed by atoms with Gasteiger partial charge in [0, 0.05) is 47.7 Å². The van der Waals surface area contributed by atoms with E-state index in [-0.39, 0.29) is 31.2 Å². The minimum atomic E-state index is -2.29. The van der Waals surface area contributed by atoms with E-state index in [2.05, 4.69) is 117 Å². The van der Waals surface area contributed by atoms with Crippen molar-refractivity contribution in [1.82, 2.24) is 15.0 Å². The molecule has 245 valence electrons. The maximum atomic E-state index is 7.64. The van der Waals surface area contributed by atoms with Gasteiger partial charge in [-0.1, -0.05) is 86.2 Å². The van der Waals surface area contributed by atoms with Crippen LogP contribution in [0, 0.1) is 39.8 Å². The molecule has 3 aromatic carbocycles. The van der Waals surface area contributed by atoms with Crippen LogP contribution in [-0.4, -0.2) is 15.0 Å². The van der Waals surface area contributed by atoms with Crippen molar-refractivity contribution in [1.29, 1.82) is 0 Å². The van der Waals surface area contributed by atoms with Gasteiger partial charge in [-0.25, -0.2) is 4.98 Å². The largest absolute Gasteiger partial charge is 0.486 e. The molecule has 7 rings (SSSR count). The first kappa shape index (κ1) is 30.9. The first-order chi connectivity index (χ1) is 23.8. The quantitative estimate of drug-likeness (QED) is 0.163. The summed E-state index contributed by atoms with van der Waals surface area (Å²) in [6, 6.07) is 34.8. The van der Waals surface area contributed by atoms with E-state index in [0.717, 1.165) is 46.1 Å². The molecular formula is C43H41IrN3O-2. The summed E-state index contributed by atoms with van der Waals surface area (Å²) in [6.45, 7) is 10.6. The van der Waals surface area contributed by atoms with E-state index in [9.17, 15) is 0 Å². The summed E-state index contributed by atoms with van der Waals surface area (Å²) in [6.07, 6.45) is 5.56. The van der Waals surface area contributed by atoms with Crippen molar-refractivity contribution in [3.05, 3.63) is 149 Å². The number of benzene rings is 3. The number of fused-ring (bicyclic) bond motifs is 3. The molecule has 4 heterocycles. The van der Waals surface area contributed by atoms with E-state index < -0.39 is 6.85 Å². The Kier molecular flexibility index (Phi) is 9.49. The molecule has 0 aliphatic rings. The van der Waals surface area contributed by atoms with Gasteiger partial charge in [0.1, 0.15) is 0 Å². The van der Waals surface area contributed by atoms with Crippen molar-refractivity contribution in [3.63, 3.8) is 0 Å². The Hall–Kier alpha value is -4.44. The van der Waals surface area contributed by atoms with E-state index in [1.54, 1.807) is 6.07 Å². The molecule has 4 nitrogen and oxygen atoms in total. The average Bonchev–Trinajstić information content (AvgIpc) is 3.47. The molecule has 0 N–H and O–H groups in total. The molecule has 0 saturated carbocycles. The maximum absolute atomic E-state index is 7.64. The average molecular weight is 811 g/mol. The van der Waals surface area contributed by atoms with Gasteiger partial charge in [0.25, 0.3) is 0 Å². The standard InChI is InChI=1S/C29H27N2O.C14H14N.Ir/c1-19-8-15-24-23-6-5-7-25(27(23)32-28(24)31-19)26-18-21(16-17-30-26)10-9-20-11-13-22(14-12-20)29(2,3)4;1-10-4-6-13(7-5-10)14-8-11(2)12(3)9-15-14;/h5-6,8,11-18H,9-10H2,1-4H3;4-6,8-9H,1-3H3;/q2*-1;/i1D3;;. The van der Waals surface area contributed by atoms with Gasteiger partial charge in [-0.15, -0.1) is 53.6 Å². The molecule has 0 spiro atoms.